The Hall–Kier alpha value is -2.75. The summed E-state index contributed by atoms with van der Waals surface area (Å²) in [5.41, 5.74) is 1.06. The molecule has 154 valence electrons. The number of morpholine rings is 1. The highest BCUT2D eigenvalue weighted by atomic mass is 16.5. The molecule has 0 atom stereocenters. The van der Waals surface area contributed by atoms with Gasteiger partial charge in [-0.15, -0.1) is 0 Å². The lowest BCUT2D eigenvalue weighted by Crippen LogP contribution is -2.37. The van der Waals surface area contributed by atoms with Gasteiger partial charge in [-0.2, -0.15) is 9.97 Å². The molecule has 1 fully saturated rings. The number of unbranched alkanes of at least 4 members (excludes halogenated alkanes) is 1. The molecule has 3 rings (SSSR count). The van der Waals surface area contributed by atoms with E-state index in [0.29, 0.717) is 56.3 Å². The minimum absolute atomic E-state index is 0. The van der Waals surface area contributed by atoms with E-state index in [0.717, 1.165) is 12.8 Å². The predicted octanol–water partition coefficient (Wildman–Crippen LogP) is 1.60. The van der Waals surface area contributed by atoms with E-state index in [1.165, 1.54) is 0 Å². The third-order valence-corrected chi connectivity index (χ3v) is 4.37. The van der Waals surface area contributed by atoms with E-state index < -0.39 is 0 Å². The van der Waals surface area contributed by atoms with E-state index >= 15 is 0 Å². The van der Waals surface area contributed by atoms with Crippen LogP contribution < -0.4 is 10.2 Å². The Morgan fingerprint density at radius 2 is 2.07 bits per heavy atom. The Kier molecular flexibility index (Phi) is 6.75. The smallest absolute Gasteiger partial charge is 0.326 e. The fourth-order valence-corrected chi connectivity index (χ4v) is 2.97. The number of carbonyl (C=O) groups is 2. The molecular formula is C18H28N6O4. The van der Waals surface area contributed by atoms with Crippen LogP contribution in [0.4, 0.5) is 11.8 Å². The largest absolute Gasteiger partial charge is 0.465 e. The van der Waals surface area contributed by atoms with Gasteiger partial charge in [0.25, 0.3) is 0 Å². The van der Waals surface area contributed by atoms with Crippen molar-refractivity contribution in [3.63, 3.8) is 0 Å². The summed E-state index contributed by atoms with van der Waals surface area (Å²) in [5.74, 6) is 0.329. The number of carbonyl (C=O) groups excluding carboxylic acids is 2. The van der Waals surface area contributed by atoms with Crippen LogP contribution in [0.2, 0.25) is 0 Å². The molecular weight excluding hydrogens is 364 g/mol. The van der Waals surface area contributed by atoms with Gasteiger partial charge in [-0.25, -0.2) is 4.98 Å². The van der Waals surface area contributed by atoms with Gasteiger partial charge >= 0.3 is 5.97 Å². The summed E-state index contributed by atoms with van der Waals surface area (Å²) in [6, 6.07) is 0. The number of rotatable bonds is 8. The van der Waals surface area contributed by atoms with Gasteiger partial charge in [-0.1, -0.05) is 13.3 Å². The van der Waals surface area contributed by atoms with Gasteiger partial charge in [0, 0.05) is 20.9 Å². The van der Waals surface area contributed by atoms with Crippen LogP contribution in [-0.4, -0.2) is 64.3 Å². The van der Waals surface area contributed by atoms with Crippen molar-refractivity contribution in [3.05, 3.63) is 6.33 Å². The molecule has 1 aliphatic rings. The SMILES string of the molecule is CCCCC(=O)Nc1nc(N2CCOCC2)c2ncn(CC(=O)OCC)c2n1.[HH]. The molecule has 0 aromatic carbocycles. The first-order valence-electron chi connectivity index (χ1n) is 9.63. The highest BCUT2D eigenvalue weighted by molar-refractivity contribution is 5.92. The van der Waals surface area contributed by atoms with Crippen LogP contribution >= 0.6 is 0 Å². The minimum atomic E-state index is -0.373. The second kappa shape index (κ2) is 9.45. The molecule has 0 saturated carbocycles. The van der Waals surface area contributed by atoms with Gasteiger partial charge in [0.2, 0.25) is 11.9 Å². The van der Waals surface area contributed by atoms with Crippen LogP contribution in [0.25, 0.3) is 11.2 Å². The molecule has 1 amide bonds. The summed E-state index contributed by atoms with van der Waals surface area (Å²) >= 11 is 0. The Balaban J connectivity index is 0.00000300. The van der Waals surface area contributed by atoms with Gasteiger partial charge < -0.3 is 18.9 Å². The summed E-state index contributed by atoms with van der Waals surface area (Å²) in [4.78, 5) is 39.5. The number of hydrogen-bond donors (Lipinski definition) is 1. The number of aromatic nitrogens is 4. The minimum Gasteiger partial charge on any atom is -0.465 e. The monoisotopic (exact) mass is 392 g/mol. The summed E-state index contributed by atoms with van der Waals surface area (Å²) in [6.07, 6.45) is 3.68. The highest BCUT2D eigenvalue weighted by Crippen LogP contribution is 2.25. The predicted molar refractivity (Wildman–Crippen MR) is 105 cm³/mol. The Morgan fingerprint density at radius 1 is 1.29 bits per heavy atom. The van der Waals surface area contributed by atoms with Crippen LogP contribution in [0.15, 0.2) is 6.33 Å². The number of amides is 1. The van der Waals surface area contributed by atoms with Crippen molar-refractivity contribution < 1.29 is 20.5 Å². The zero-order valence-corrected chi connectivity index (χ0v) is 16.3. The van der Waals surface area contributed by atoms with E-state index in [-0.39, 0.29) is 25.8 Å². The normalized spacial score (nSPS) is 14.3. The lowest BCUT2D eigenvalue weighted by molar-refractivity contribution is -0.143. The molecule has 28 heavy (non-hydrogen) atoms. The third-order valence-electron chi connectivity index (χ3n) is 4.37. The second-order valence-electron chi connectivity index (χ2n) is 6.47. The fraction of sp³-hybridized carbons (Fsp3) is 0.611. The average molecular weight is 392 g/mol. The molecule has 1 saturated heterocycles. The van der Waals surface area contributed by atoms with Crippen molar-refractivity contribution in [1.82, 2.24) is 19.5 Å². The molecule has 1 aliphatic heterocycles. The van der Waals surface area contributed by atoms with E-state index in [2.05, 4.69) is 25.2 Å². The molecule has 0 unspecified atom stereocenters. The third kappa shape index (κ3) is 4.75. The van der Waals surface area contributed by atoms with Gasteiger partial charge in [-0.05, 0) is 13.3 Å². The average Bonchev–Trinajstić information content (AvgIpc) is 3.09. The van der Waals surface area contributed by atoms with Gasteiger partial charge in [-0.3, -0.25) is 14.9 Å². The summed E-state index contributed by atoms with van der Waals surface area (Å²) in [5, 5.41) is 2.77. The number of hydrogen-bond acceptors (Lipinski definition) is 8. The zero-order chi connectivity index (χ0) is 19.9. The van der Waals surface area contributed by atoms with E-state index in [9.17, 15) is 9.59 Å². The van der Waals surface area contributed by atoms with Crippen LogP contribution in [0.5, 0.6) is 0 Å². The van der Waals surface area contributed by atoms with Crippen LogP contribution in [-0.2, 0) is 25.6 Å². The summed E-state index contributed by atoms with van der Waals surface area (Å²) < 4.78 is 12.0. The van der Waals surface area contributed by atoms with E-state index in [1.54, 1.807) is 17.8 Å². The topological polar surface area (TPSA) is 111 Å². The standard InChI is InChI=1S/C18H26N6O4.H2/c1-3-5-6-13(25)20-18-21-16(23-7-9-27-10-8-23)15-17(22-18)24(12-19-15)11-14(26)28-4-2;/h12H,3-11H2,1-2H3,(H,20,21,22,25);1H. The fourth-order valence-electron chi connectivity index (χ4n) is 2.97. The molecule has 1 N–H and O–H groups in total. The number of esters is 1. The quantitative estimate of drug-likeness (QED) is 0.674. The van der Waals surface area contributed by atoms with Gasteiger partial charge in [0.1, 0.15) is 6.54 Å². The van der Waals surface area contributed by atoms with Crippen molar-refractivity contribution in [2.45, 2.75) is 39.7 Å². The maximum absolute atomic E-state index is 12.2. The van der Waals surface area contributed by atoms with Crippen molar-refractivity contribution in [2.24, 2.45) is 0 Å². The first-order valence-corrected chi connectivity index (χ1v) is 9.63. The molecule has 2 aromatic heterocycles. The number of nitrogens with zero attached hydrogens (tertiary/aromatic N) is 5. The summed E-state index contributed by atoms with van der Waals surface area (Å²) in [6.45, 7) is 6.60. The molecule has 0 bridgehead atoms. The maximum atomic E-state index is 12.2. The first kappa shape index (κ1) is 20.0. The number of imidazole rings is 1. The van der Waals surface area contributed by atoms with Crippen LogP contribution in [0.3, 0.4) is 0 Å². The molecule has 2 aromatic rings. The number of nitrogens with one attached hydrogen (secondary N) is 1. The Bertz CT molecular complexity index is 837. The number of fused-ring (bicyclic) bond motifs is 1. The first-order chi connectivity index (χ1) is 13.6. The molecule has 0 spiro atoms. The lowest BCUT2D eigenvalue weighted by atomic mass is 10.2. The molecule has 0 aliphatic carbocycles. The van der Waals surface area contributed by atoms with Crippen molar-refractivity contribution in [2.75, 3.05) is 43.1 Å². The number of anilines is 2. The van der Waals surface area contributed by atoms with Crippen molar-refractivity contribution in [3.8, 4) is 0 Å². The second-order valence-corrected chi connectivity index (χ2v) is 6.47. The van der Waals surface area contributed by atoms with E-state index in [4.69, 9.17) is 9.47 Å². The van der Waals surface area contributed by atoms with E-state index in [1.807, 2.05) is 6.92 Å². The zero-order valence-electron chi connectivity index (χ0n) is 16.3. The summed E-state index contributed by atoms with van der Waals surface area (Å²) in [7, 11) is 0. The molecule has 10 heteroatoms. The van der Waals surface area contributed by atoms with Crippen LogP contribution in [0.1, 0.15) is 34.5 Å². The molecule has 0 radical (unpaired) electrons. The Labute approximate surface area is 164 Å². The van der Waals surface area contributed by atoms with Crippen molar-refractivity contribution >= 4 is 34.8 Å². The molecule has 10 nitrogen and oxygen atoms in total. The number of ether oxygens (including phenoxy) is 2. The highest BCUT2D eigenvalue weighted by Gasteiger charge is 2.22. The molecule has 3 heterocycles. The maximum Gasteiger partial charge on any atom is 0.326 e. The van der Waals surface area contributed by atoms with Crippen molar-refractivity contribution in [1.29, 1.82) is 0 Å². The van der Waals surface area contributed by atoms with Crippen LogP contribution in [0, 0.1) is 0 Å². The Morgan fingerprint density at radius 3 is 2.79 bits per heavy atom. The van der Waals surface area contributed by atoms with Gasteiger partial charge in [0.05, 0.1) is 26.1 Å². The lowest BCUT2D eigenvalue weighted by Gasteiger charge is -2.28. The van der Waals surface area contributed by atoms with Gasteiger partial charge in [0.15, 0.2) is 17.0 Å².